The third-order valence-corrected chi connectivity index (χ3v) is 1.21. The Morgan fingerprint density at radius 1 is 0.909 bits per heavy atom. The molecule has 0 atom stereocenters. The summed E-state index contributed by atoms with van der Waals surface area (Å²) in [6, 6.07) is 0. The highest BCUT2D eigenvalue weighted by Crippen LogP contribution is 2.01. The molecule has 0 amide bonds. The lowest BCUT2D eigenvalue weighted by Crippen LogP contribution is -2.05. The van der Waals surface area contributed by atoms with E-state index in [0.717, 1.165) is 0 Å². The molecule has 2 heterocycles. The summed E-state index contributed by atoms with van der Waals surface area (Å²) in [7, 11) is 0. The Labute approximate surface area is 58.2 Å². The summed E-state index contributed by atoms with van der Waals surface area (Å²) in [5.74, 6) is 0. The monoisotopic (exact) mass is 152 g/mol. The second-order valence-electron chi connectivity index (χ2n) is 1.88. The van der Waals surface area contributed by atoms with Crippen molar-refractivity contribution >= 4 is 0 Å². The van der Waals surface area contributed by atoms with Crippen LogP contribution in [0.3, 0.4) is 0 Å². The number of hydrogen-bond acceptors (Lipinski definition) is 6. The number of imidazole rings is 1. The molecule has 11 heavy (non-hydrogen) atoms. The van der Waals surface area contributed by atoms with Gasteiger partial charge in [-0.15, -0.1) is 0 Å². The molecule has 6 nitrogen and oxygen atoms in total. The normalized spacial score (nSPS) is 10.9. The SMILES string of the molecule is O=c1nc2c(=O)oc(=O)c-2n1. The number of fused-ring (bicyclic) bond motifs is 1. The highest BCUT2D eigenvalue weighted by Gasteiger charge is 2.21. The second-order valence-corrected chi connectivity index (χ2v) is 1.88. The van der Waals surface area contributed by atoms with E-state index in [9.17, 15) is 14.4 Å². The van der Waals surface area contributed by atoms with Gasteiger partial charge in [0.15, 0.2) is 11.4 Å². The average molecular weight is 152 g/mol. The van der Waals surface area contributed by atoms with E-state index in [1.807, 2.05) is 0 Å². The fraction of sp³-hybridized carbons (Fsp3) is 0. The molecule has 0 spiro atoms. The Hall–Kier alpha value is -1.85. The van der Waals surface area contributed by atoms with E-state index in [0.29, 0.717) is 0 Å². The van der Waals surface area contributed by atoms with Crippen LogP contribution in [0.1, 0.15) is 0 Å². The molecule has 2 aliphatic heterocycles. The van der Waals surface area contributed by atoms with E-state index in [-0.39, 0.29) is 11.4 Å². The molecule has 54 valence electrons. The van der Waals surface area contributed by atoms with E-state index >= 15 is 0 Å². The first-order valence-electron chi connectivity index (χ1n) is 2.67. The molecule has 0 N–H and O–H groups in total. The average Bonchev–Trinajstić information content (AvgIpc) is 2.38. The van der Waals surface area contributed by atoms with E-state index in [1.54, 1.807) is 0 Å². The lowest BCUT2D eigenvalue weighted by molar-refractivity contribution is 0.495. The highest BCUT2D eigenvalue weighted by molar-refractivity contribution is 5.51. The van der Waals surface area contributed by atoms with Crippen LogP contribution in [0.25, 0.3) is 11.4 Å². The lowest BCUT2D eigenvalue weighted by Gasteiger charge is -1.66. The van der Waals surface area contributed by atoms with Gasteiger partial charge in [-0.2, -0.15) is 9.97 Å². The second kappa shape index (κ2) is 1.60. The van der Waals surface area contributed by atoms with E-state index in [4.69, 9.17) is 0 Å². The quantitative estimate of drug-likeness (QED) is 0.439. The largest absolute Gasteiger partial charge is 0.383 e. The molecule has 2 rings (SSSR count). The van der Waals surface area contributed by atoms with Crippen LogP contribution >= 0.6 is 0 Å². The van der Waals surface area contributed by atoms with Crippen LogP contribution in [-0.4, -0.2) is 9.97 Å². The Morgan fingerprint density at radius 2 is 1.36 bits per heavy atom. The predicted molar refractivity (Wildman–Crippen MR) is 32.1 cm³/mol. The summed E-state index contributed by atoms with van der Waals surface area (Å²) >= 11 is 0. The van der Waals surface area contributed by atoms with Crippen molar-refractivity contribution in [2.75, 3.05) is 0 Å². The van der Waals surface area contributed by atoms with Crippen LogP contribution in [0.15, 0.2) is 18.8 Å². The molecule has 0 unspecified atom stereocenters. The molecular weight excluding hydrogens is 152 g/mol. The van der Waals surface area contributed by atoms with Crippen molar-refractivity contribution in [3.05, 3.63) is 31.3 Å². The van der Waals surface area contributed by atoms with E-state index in [2.05, 4.69) is 14.4 Å². The zero-order valence-corrected chi connectivity index (χ0v) is 5.03. The smallest absolute Gasteiger partial charge is 0.368 e. The molecule has 0 bridgehead atoms. The highest BCUT2D eigenvalue weighted by atomic mass is 16.4. The lowest BCUT2D eigenvalue weighted by atomic mass is 10.4. The van der Waals surface area contributed by atoms with Crippen molar-refractivity contribution in [1.29, 1.82) is 0 Å². The van der Waals surface area contributed by atoms with Crippen molar-refractivity contribution in [3.63, 3.8) is 0 Å². The predicted octanol–water partition coefficient (Wildman–Crippen LogP) is -1.87. The summed E-state index contributed by atoms with van der Waals surface area (Å²) < 4.78 is 4.08. The molecule has 0 saturated carbocycles. The number of nitrogens with zero attached hydrogens (tertiary/aromatic N) is 2. The van der Waals surface area contributed by atoms with Crippen LogP contribution < -0.4 is 16.9 Å². The maximum absolute atomic E-state index is 10.6. The van der Waals surface area contributed by atoms with Crippen molar-refractivity contribution in [1.82, 2.24) is 9.97 Å². The van der Waals surface area contributed by atoms with E-state index < -0.39 is 16.9 Å². The number of furan rings is 1. The van der Waals surface area contributed by atoms with Gasteiger partial charge in [0.1, 0.15) is 0 Å². The molecule has 0 aromatic rings. The van der Waals surface area contributed by atoms with Gasteiger partial charge in [0, 0.05) is 0 Å². The number of rotatable bonds is 0. The molecule has 2 aliphatic rings. The van der Waals surface area contributed by atoms with Crippen LogP contribution in [0, 0.1) is 0 Å². The molecule has 0 aromatic carbocycles. The van der Waals surface area contributed by atoms with Gasteiger partial charge < -0.3 is 4.42 Å². The number of aromatic nitrogens is 2. The van der Waals surface area contributed by atoms with Crippen LogP contribution in [0.5, 0.6) is 0 Å². The van der Waals surface area contributed by atoms with E-state index in [1.165, 1.54) is 0 Å². The first-order chi connectivity index (χ1) is 5.18. The minimum absolute atomic E-state index is 0.278. The van der Waals surface area contributed by atoms with Crippen LogP contribution in [0.4, 0.5) is 0 Å². The zero-order chi connectivity index (χ0) is 8.01. The Kier molecular flexibility index (Phi) is 0.857. The number of hydrogen-bond donors (Lipinski definition) is 0. The van der Waals surface area contributed by atoms with Crippen molar-refractivity contribution < 1.29 is 4.42 Å². The van der Waals surface area contributed by atoms with Gasteiger partial charge in [-0.1, -0.05) is 0 Å². The minimum Gasteiger partial charge on any atom is -0.383 e. The van der Waals surface area contributed by atoms with Crippen molar-refractivity contribution in [2.45, 2.75) is 0 Å². The molecule has 0 fully saturated rings. The van der Waals surface area contributed by atoms with Gasteiger partial charge in [-0.25, -0.2) is 14.4 Å². The van der Waals surface area contributed by atoms with Gasteiger partial charge in [-0.3, -0.25) is 0 Å². The summed E-state index contributed by atoms with van der Waals surface area (Å²) in [5, 5.41) is 0. The summed E-state index contributed by atoms with van der Waals surface area (Å²) in [5.41, 5.74) is -3.20. The fourth-order valence-corrected chi connectivity index (χ4v) is 0.788. The summed E-state index contributed by atoms with van der Waals surface area (Å²) in [6.07, 6.45) is 0. The first-order valence-corrected chi connectivity index (χ1v) is 2.67. The first kappa shape index (κ1) is 5.90. The van der Waals surface area contributed by atoms with Gasteiger partial charge in [0.05, 0.1) is 0 Å². The maximum Gasteiger partial charge on any atom is 0.368 e. The van der Waals surface area contributed by atoms with Crippen LogP contribution in [-0.2, 0) is 0 Å². The molecule has 0 saturated heterocycles. The molecule has 6 heteroatoms. The third-order valence-electron chi connectivity index (χ3n) is 1.21. The van der Waals surface area contributed by atoms with Crippen molar-refractivity contribution in [2.24, 2.45) is 0 Å². The minimum atomic E-state index is -0.903. The van der Waals surface area contributed by atoms with Crippen molar-refractivity contribution in [3.8, 4) is 11.4 Å². The Bertz CT molecular complexity index is 461. The van der Waals surface area contributed by atoms with Gasteiger partial charge in [0.2, 0.25) is 0 Å². The molecular formula is C5N2O4. The summed E-state index contributed by atoms with van der Waals surface area (Å²) in [4.78, 5) is 37.9. The zero-order valence-electron chi connectivity index (χ0n) is 5.03. The summed E-state index contributed by atoms with van der Waals surface area (Å²) in [6.45, 7) is 0. The topological polar surface area (TPSA) is 90.1 Å². The molecule has 0 radical (unpaired) electrons. The Balaban J connectivity index is 3.12. The van der Waals surface area contributed by atoms with Gasteiger partial charge in [0.25, 0.3) is 0 Å². The van der Waals surface area contributed by atoms with Gasteiger partial charge >= 0.3 is 16.9 Å². The third kappa shape index (κ3) is 0.628. The molecule has 0 aromatic heterocycles. The standard InChI is InChI=1S/C5N2O4/c8-3-1-2(4(9)11-3)7-5(10)6-1. The van der Waals surface area contributed by atoms with Gasteiger partial charge in [-0.05, 0) is 0 Å². The fourth-order valence-electron chi connectivity index (χ4n) is 0.788. The molecule has 0 aliphatic carbocycles. The van der Waals surface area contributed by atoms with Crippen LogP contribution in [0.2, 0.25) is 0 Å². The maximum atomic E-state index is 10.6. The Morgan fingerprint density at radius 3 is 1.82 bits per heavy atom.